The number of nitriles is 1. The Morgan fingerprint density at radius 2 is 2.06 bits per heavy atom. The van der Waals surface area contributed by atoms with Gasteiger partial charge in [0.25, 0.3) is 5.56 Å². The van der Waals surface area contributed by atoms with Gasteiger partial charge in [-0.15, -0.1) is 0 Å². The third-order valence-electron chi connectivity index (χ3n) is 3.39. The van der Waals surface area contributed by atoms with E-state index in [4.69, 9.17) is 5.26 Å². The van der Waals surface area contributed by atoms with Crippen LogP contribution in [0.15, 0.2) is 16.9 Å². The lowest BCUT2D eigenvalue weighted by atomic mass is 9.95. The normalized spacial score (nSPS) is 16.6. The van der Waals surface area contributed by atoms with Crippen molar-refractivity contribution in [2.75, 3.05) is 0 Å². The van der Waals surface area contributed by atoms with Gasteiger partial charge >= 0.3 is 0 Å². The van der Waals surface area contributed by atoms with Crippen molar-refractivity contribution in [1.29, 1.82) is 5.26 Å². The highest BCUT2D eigenvalue weighted by molar-refractivity contribution is 5.29. The molecule has 1 aliphatic carbocycles. The molecule has 1 heterocycles. The van der Waals surface area contributed by atoms with Gasteiger partial charge in [0.1, 0.15) is 0 Å². The summed E-state index contributed by atoms with van der Waals surface area (Å²) in [5.74, 6) is -0.0223. The van der Waals surface area contributed by atoms with Crippen molar-refractivity contribution >= 4 is 0 Å². The van der Waals surface area contributed by atoms with Crippen LogP contribution in [0, 0.1) is 11.3 Å². The second kappa shape index (κ2) is 5.05. The summed E-state index contributed by atoms with van der Waals surface area (Å²) in [7, 11) is 0. The average Bonchev–Trinajstić information content (AvgIpc) is 2.35. The maximum atomic E-state index is 11.8. The summed E-state index contributed by atoms with van der Waals surface area (Å²) < 4.78 is 1.46. The van der Waals surface area contributed by atoms with Gasteiger partial charge in [-0.3, -0.25) is 9.36 Å². The molecular weight excluding hydrogens is 216 g/mol. The van der Waals surface area contributed by atoms with Gasteiger partial charge < -0.3 is 5.11 Å². The fourth-order valence-electron chi connectivity index (χ4n) is 2.50. The average molecular weight is 232 g/mol. The van der Waals surface area contributed by atoms with Gasteiger partial charge in [-0.25, -0.2) is 0 Å². The largest absolute Gasteiger partial charge is 0.494 e. The molecule has 1 saturated carbocycles. The standard InChI is InChI=1S/C13H16N2O2/c14-9-8-10-6-7-12(16)15(13(10)17)11-4-2-1-3-5-11/h6-7,11,17H,1-5,8H2. The summed E-state index contributed by atoms with van der Waals surface area (Å²) >= 11 is 0. The van der Waals surface area contributed by atoms with Crippen molar-refractivity contribution in [2.24, 2.45) is 0 Å². The van der Waals surface area contributed by atoms with E-state index in [0.29, 0.717) is 5.56 Å². The Hall–Kier alpha value is -1.76. The monoisotopic (exact) mass is 232 g/mol. The molecule has 0 aliphatic heterocycles. The van der Waals surface area contributed by atoms with E-state index in [1.54, 1.807) is 6.07 Å². The minimum atomic E-state index is -0.170. The molecule has 0 atom stereocenters. The maximum absolute atomic E-state index is 11.8. The molecule has 17 heavy (non-hydrogen) atoms. The molecule has 2 rings (SSSR count). The molecule has 1 N–H and O–H groups in total. The molecule has 0 unspecified atom stereocenters. The van der Waals surface area contributed by atoms with E-state index in [9.17, 15) is 9.90 Å². The predicted octanol–water partition coefficient (Wildman–Crippen LogP) is 2.13. The van der Waals surface area contributed by atoms with Gasteiger partial charge in [0.2, 0.25) is 0 Å². The first kappa shape index (κ1) is 11.7. The Bertz CT molecular complexity index is 493. The molecule has 90 valence electrons. The Morgan fingerprint density at radius 1 is 1.35 bits per heavy atom. The van der Waals surface area contributed by atoms with Gasteiger partial charge in [0.05, 0.1) is 12.5 Å². The maximum Gasteiger partial charge on any atom is 0.253 e. The molecule has 1 aromatic rings. The highest BCUT2D eigenvalue weighted by Crippen LogP contribution is 2.30. The van der Waals surface area contributed by atoms with Crippen LogP contribution in [0.5, 0.6) is 5.88 Å². The Balaban J connectivity index is 2.41. The van der Waals surface area contributed by atoms with Crippen molar-refractivity contribution in [3.05, 3.63) is 28.0 Å². The first-order valence-electron chi connectivity index (χ1n) is 6.04. The van der Waals surface area contributed by atoms with Crippen LogP contribution < -0.4 is 5.56 Å². The number of rotatable bonds is 2. The van der Waals surface area contributed by atoms with Crippen LogP contribution in [-0.2, 0) is 6.42 Å². The van der Waals surface area contributed by atoms with Crippen molar-refractivity contribution in [3.8, 4) is 11.9 Å². The number of pyridine rings is 1. The molecule has 0 radical (unpaired) electrons. The molecule has 0 spiro atoms. The van der Waals surface area contributed by atoms with Crippen LogP contribution in [-0.4, -0.2) is 9.67 Å². The van der Waals surface area contributed by atoms with Crippen LogP contribution in [0.1, 0.15) is 43.7 Å². The van der Waals surface area contributed by atoms with E-state index >= 15 is 0 Å². The molecule has 4 nitrogen and oxygen atoms in total. The summed E-state index contributed by atoms with van der Waals surface area (Å²) in [6.45, 7) is 0. The Morgan fingerprint density at radius 3 is 2.71 bits per heavy atom. The quantitative estimate of drug-likeness (QED) is 0.849. The molecular formula is C13H16N2O2. The van der Waals surface area contributed by atoms with E-state index in [1.165, 1.54) is 17.1 Å². The summed E-state index contributed by atoms with van der Waals surface area (Å²) in [4.78, 5) is 11.8. The molecule has 4 heteroatoms. The molecule has 1 aromatic heterocycles. The van der Waals surface area contributed by atoms with Crippen LogP contribution in [0.4, 0.5) is 0 Å². The molecule has 0 amide bonds. The highest BCUT2D eigenvalue weighted by Gasteiger charge is 2.20. The lowest BCUT2D eigenvalue weighted by Crippen LogP contribution is -2.26. The first-order chi connectivity index (χ1) is 8.24. The van der Waals surface area contributed by atoms with E-state index in [2.05, 4.69) is 0 Å². The lowest BCUT2D eigenvalue weighted by Gasteiger charge is -2.25. The Labute approximate surface area is 100 Å². The van der Waals surface area contributed by atoms with Crippen LogP contribution >= 0.6 is 0 Å². The zero-order chi connectivity index (χ0) is 12.3. The fourth-order valence-corrected chi connectivity index (χ4v) is 2.50. The molecule has 0 saturated heterocycles. The molecule has 0 aromatic carbocycles. The molecule has 1 fully saturated rings. The van der Waals surface area contributed by atoms with Crippen LogP contribution in [0.2, 0.25) is 0 Å². The van der Waals surface area contributed by atoms with Gasteiger partial charge in [-0.05, 0) is 18.9 Å². The number of nitrogens with zero attached hydrogens (tertiary/aromatic N) is 2. The third kappa shape index (κ3) is 2.33. The topological polar surface area (TPSA) is 66.0 Å². The minimum Gasteiger partial charge on any atom is -0.494 e. The lowest BCUT2D eigenvalue weighted by molar-refractivity contribution is 0.301. The third-order valence-corrected chi connectivity index (χ3v) is 3.39. The van der Waals surface area contributed by atoms with Gasteiger partial charge in [-0.1, -0.05) is 19.3 Å². The van der Waals surface area contributed by atoms with Crippen molar-refractivity contribution in [1.82, 2.24) is 4.57 Å². The summed E-state index contributed by atoms with van der Waals surface area (Å²) in [5.41, 5.74) is 0.369. The number of aromatic nitrogens is 1. The molecule has 1 aliphatic rings. The van der Waals surface area contributed by atoms with Crippen LogP contribution in [0.25, 0.3) is 0 Å². The zero-order valence-electron chi connectivity index (χ0n) is 9.72. The second-order valence-corrected chi connectivity index (χ2v) is 4.52. The zero-order valence-corrected chi connectivity index (χ0v) is 9.72. The summed E-state index contributed by atoms with van der Waals surface area (Å²) in [5, 5.41) is 18.7. The van der Waals surface area contributed by atoms with Gasteiger partial charge in [-0.2, -0.15) is 5.26 Å². The van der Waals surface area contributed by atoms with E-state index < -0.39 is 0 Å². The van der Waals surface area contributed by atoms with E-state index in [1.807, 2.05) is 6.07 Å². The minimum absolute atomic E-state index is 0.0223. The SMILES string of the molecule is N#CCc1ccc(=O)n(C2CCCCC2)c1O. The smallest absolute Gasteiger partial charge is 0.253 e. The predicted molar refractivity (Wildman–Crippen MR) is 63.8 cm³/mol. The fraction of sp³-hybridized carbons (Fsp3) is 0.538. The number of hydrogen-bond donors (Lipinski definition) is 1. The second-order valence-electron chi connectivity index (χ2n) is 4.52. The Kier molecular flexibility index (Phi) is 3.48. The van der Waals surface area contributed by atoms with Crippen molar-refractivity contribution < 1.29 is 5.11 Å². The van der Waals surface area contributed by atoms with Crippen molar-refractivity contribution in [2.45, 2.75) is 44.6 Å². The van der Waals surface area contributed by atoms with Gasteiger partial charge in [0, 0.05) is 17.7 Å². The summed E-state index contributed by atoms with van der Waals surface area (Å²) in [6, 6.07) is 5.08. The van der Waals surface area contributed by atoms with E-state index in [0.717, 1.165) is 25.7 Å². The number of aromatic hydroxyl groups is 1. The van der Waals surface area contributed by atoms with Crippen molar-refractivity contribution in [3.63, 3.8) is 0 Å². The molecule has 0 bridgehead atoms. The van der Waals surface area contributed by atoms with Crippen LogP contribution in [0.3, 0.4) is 0 Å². The van der Waals surface area contributed by atoms with E-state index in [-0.39, 0.29) is 23.9 Å². The summed E-state index contributed by atoms with van der Waals surface area (Å²) in [6.07, 6.45) is 5.40. The first-order valence-corrected chi connectivity index (χ1v) is 6.04. The van der Waals surface area contributed by atoms with Gasteiger partial charge in [0.15, 0.2) is 5.88 Å². The number of hydrogen-bond acceptors (Lipinski definition) is 3. The highest BCUT2D eigenvalue weighted by atomic mass is 16.3.